The van der Waals surface area contributed by atoms with Gasteiger partial charge in [-0.2, -0.15) is 0 Å². The standard InChI is InChI=1S/C23H29N5S.HI/c1-24-23(25-14-7-12-22-26-20-10-5-6-11-21(20)27-22)28-15-13-18(16-28)17-29-19-8-3-2-4-9-19;/h2-6,8-11,18H,7,12-17H2,1H3,(H,24,25)(H,26,27);1H. The maximum absolute atomic E-state index is 4.66. The van der Waals surface area contributed by atoms with E-state index < -0.39 is 0 Å². The molecule has 0 saturated carbocycles. The summed E-state index contributed by atoms with van der Waals surface area (Å²) in [6, 6.07) is 18.9. The fourth-order valence-corrected chi connectivity index (χ4v) is 4.85. The summed E-state index contributed by atoms with van der Waals surface area (Å²) in [4.78, 5) is 16.3. The van der Waals surface area contributed by atoms with Crippen molar-refractivity contribution in [3.8, 4) is 0 Å². The SMILES string of the molecule is CN=C(NCCCc1nc2ccccc2[nH]1)N1CCC(CSc2ccccc2)C1.I. The molecule has 2 aromatic carbocycles. The molecule has 3 aromatic rings. The Morgan fingerprint density at radius 1 is 1.20 bits per heavy atom. The number of imidazole rings is 1. The first-order chi connectivity index (χ1) is 14.3. The summed E-state index contributed by atoms with van der Waals surface area (Å²) in [5.74, 6) is 3.97. The van der Waals surface area contributed by atoms with E-state index in [1.807, 2.05) is 30.9 Å². The summed E-state index contributed by atoms with van der Waals surface area (Å²) in [6.45, 7) is 3.08. The third-order valence-electron chi connectivity index (χ3n) is 5.34. The number of hydrogen-bond acceptors (Lipinski definition) is 3. The zero-order chi connectivity index (χ0) is 19.9. The van der Waals surface area contributed by atoms with E-state index in [1.54, 1.807) is 0 Å². The average Bonchev–Trinajstić information content (AvgIpc) is 3.40. The molecule has 0 spiro atoms. The van der Waals surface area contributed by atoms with Crippen LogP contribution in [0.4, 0.5) is 0 Å². The minimum absolute atomic E-state index is 0. The lowest BCUT2D eigenvalue weighted by atomic mass is 10.2. The first kappa shape index (κ1) is 22.9. The Bertz CT molecular complexity index is 910. The highest BCUT2D eigenvalue weighted by Gasteiger charge is 2.24. The predicted molar refractivity (Wildman–Crippen MR) is 138 cm³/mol. The van der Waals surface area contributed by atoms with Gasteiger partial charge in [0.25, 0.3) is 0 Å². The van der Waals surface area contributed by atoms with Crippen molar-refractivity contribution in [1.29, 1.82) is 0 Å². The average molecular weight is 535 g/mol. The molecule has 0 radical (unpaired) electrons. The third-order valence-corrected chi connectivity index (χ3v) is 6.58. The van der Waals surface area contributed by atoms with Crippen LogP contribution in [0.25, 0.3) is 11.0 Å². The summed E-state index contributed by atoms with van der Waals surface area (Å²) in [5, 5.41) is 3.54. The molecule has 1 aliphatic heterocycles. The fourth-order valence-electron chi connectivity index (χ4n) is 3.80. The minimum atomic E-state index is 0. The van der Waals surface area contributed by atoms with Crippen LogP contribution in [0, 0.1) is 5.92 Å². The molecule has 160 valence electrons. The second-order valence-corrected chi connectivity index (χ2v) is 8.60. The maximum atomic E-state index is 4.66. The van der Waals surface area contributed by atoms with E-state index in [0.29, 0.717) is 5.92 Å². The van der Waals surface area contributed by atoms with Gasteiger partial charge < -0.3 is 15.2 Å². The van der Waals surface area contributed by atoms with Gasteiger partial charge in [0.2, 0.25) is 0 Å². The van der Waals surface area contributed by atoms with E-state index in [9.17, 15) is 0 Å². The number of guanidine groups is 1. The van der Waals surface area contributed by atoms with Crippen LogP contribution < -0.4 is 5.32 Å². The highest BCUT2D eigenvalue weighted by Crippen LogP contribution is 2.25. The van der Waals surface area contributed by atoms with Crippen molar-refractivity contribution in [1.82, 2.24) is 20.2 Å². The number of thioether (sulfide) groups is 1. The summed E-state index contributed by atoms with van der Waals surface area (Å²) in [5.41, 5.74) is 2.16. The summed E-state index contributed by atoms with van der Waals surface area (Å²) in [7, 11) is 1.88. The first-order valence-corrected chi connectivity index (χ1v) is 11.4. The molecule has 1 atom stereocenters. The highest BCUT2D eigenvalue weighted by atomic mass is 127. The summed E-state index contributed by atoms with van der Waals surface area (Å²) >= 11 is 1.96. The van der Waals surface area contributed by atoms with Gasteiger partial charge in [-0.15, -0.1) is 35.7 Å². The van der Waals surface area contributed by atoms with Crippen LogP contribution in [0.5, 0.6) is 0 Å². The molecule has 0 amide bonds. The number of aliphatic imine (C=N–C) groups is 1. The topological polar surface area (TPSA) is 56.3 Å². The number of nitrogens with one attached hydrogen (secondary N) is 2. The van der Waals surface area contributed by atoms with Crippen LogP contribution in [-0.2, 0) is 6.42 Å². The van der Waals surface area contributed by atoms with Crippen LogP contribution >= 0.6 is 35.7 Å². The third kappa shape index (κ3) is 6.14. The first-order valence-electron chi connectivity index (χ1n) is 10.4. The quantitative estimate of drug-likeness (QED) is 0.150. The van der Waals surface area contributed by atoms with Crippen molar-refractivity contribution in [2.75, 3.05) is 32.4 Å². The van der Waals surface area contributed by atoms with Gasteiger partial charge in [0, 0.05) is 43.8 Å². The molecule has 4 rings (SSSR count). The number of rotatable bonds is 7. The van der Waals surface area contributed by atoms with Crippen molar-refractivity contribution in [3.05, 3.63) is 60.4 Å². The Hall–Kier alpha value is -1.74. The lowest BCUT2D eigenvalue weighted by molar-refractivity contribution is 0.473. The Balaban J connectivity index is 0.00000256. The van der Waals surface area contributed by atoms with Gasteiger partial charge in [-0.1, -0.05) is 30.3 Å². The number of aryl methyl sites for hydroxylation is 1. The maximum Gasteiger partial charge on any atom is 0.193 e. The number of para-hydroxylation sites is 2. The van der Waals surface area contributed by atoms with Crippen molar-refractivity contribution in [2.45, 2.75) is 24.2 Å². The Morgan fingerprint density at radius 2 is 2.00 bits per heavy atom. The number of benzene rings is 2. The molecule has 2 heterocycles. The minimum Gasteiger partial charge on any atom is -0.356 e. The van der Waals surface area contributed by atoms with Gasteiger partial charge in [0.05, 0.1) is 11.0 Å². The smallest absolute Gasteiger partial charge is 0.193 e. The lowest BCUT2D eigenvalue weighted by Crippen LogP contribution is -2.40. The van der Waals surface area contributed by atoms with E-state index in [1.165, 1.54) is 17.1 Å². The molecule has 1 unspecified atom stereocenters. The molecular weight excluding hydrogens is 505 g/mol. The van der Waals surface area contributed by atoms with Crippen LogP contribution in [0.15, 0.2) is 64.5 Å². The zero-order valence-corrected chi connectivity index (χ0v) is 20.5. The Morgan fingerprint density at radius 3 is 2.80 bits per heavy atom. The molecule has 0 bridgehead atoms. The van der Waals surface area contributed by atoms with Gasteiger partial charge in [-0.25, -0.2) is 4.98 Å². The second-order valence-electron chi connectivity index (χ2n) is 7.50. The number of fused-ring (bicyclic) bond motifs is 1. The van der Waals surface area contributed by atoms with Crippen molar-refractivity contribution in [2.24, 2.45) is 10.9 Å². The van der Waals surface area contributed by atoms with Gasteiger partial charge in [-0.05, 0) is 43.0 Å². The molecule has 2 N–H and O–H groups in total. The molecule has 5 nitrogen and oxygen atoms in total. The van der Waals surface area contributed by atoms with Gasteiger partial charge >= 0.3 is 0 Å². The van der Waals surface area contributed by atoms with Gasteiger partial charge in [0.15, 0.2) is 5.96 Å². The van der Waals surface area contributed by atoms with Crippen LogP contribution in [0.2, 0.25) is 0 Å². The number of halogens is 1. The molecule has 1 fully saturated rings. The normalized spacial score (nSPS) is 16.6. The highest BCUT2D eigenvalue weighted by molar-refractivity contribution is 14.0. The van der Waals surface area contributed by atoms with Crippen molar-refractivity contribution < 1.29 is 0 Å². The number of nitrogens with zero attached hydrogens (tertiary/aromatic N) is 3. The number of aromatic nitrogens is 2. The molecule has 1 saturated heterocycles. The molecule has 1 aromatic heterocycles. The predicted octanol–water partition coefficient (Wildman–Crippen LogP) is 4.80. The molecular formula is C23H30IN5S. The van der Waals surface area contributed by atoms with Gasteiger partial charge in [-0.3, -0.25) is 4.99 Å². The van der Waals surface area contributed by atoms with Crippen LogP contribution in [0.3, 0.4) is 0 Å². The zero-order valence-electron chi connectivity index (χ0n) is 17.4. The Kier molecular flexibility index (Phi) is 8.87. The molecule has 7 heteroatoms. The van der Waals surface area contributed by atoms with E-state index in [4.69, 9.17) is 0 Å². The largest absolute Gasteiger partial charge is 0.356 e. The summed E-state index contributed by atoms with van der Waals surface area (Å²) in [6.07, 6.45) is 3.20. The molecule has 0 aliphatic carbocycles. The lowest BCUT2D eigenvalue weighted by Gasteiger charge is -2.21. The van der Waals surface area contributed by atoms with E-state index in [-0.39, 0.29) is 24.0 Å². The number of hydrogen-bond donors (Lipinski definition) is 2. The molecule has 30 heavy (non-hydrogen) atoms. The van der Waals surface area contributed by atoms with Crippen LogP contribution in [-0.4, -0.2) is 53.3 Å². The van der Waals surface area contributed by atoms with Gasteiger partial charge in [0.1, 0.15) is 5.82 Å². The van der Waals surface area contributed by atoms with E-state index >= 15 is 0 Å². The second kappa shape index (κ2) is 11.6. The van der Waals surface area contributed by atoms with Crippen molar-refractivity contribution >= 4 is 52.7 Å². The molecule has 1 aliphatic rings. The number of H-pyrrole nitrogens is 1. The van der Waals surface area contributed by atoms with E-state index in [0.717, 1.165) is 55.3 Å². The monoisotopic (exact) mass is 535 g/mol. The Labute approximate surface area is 200 Å². The number of aromatic amines is 1. The fraction of sp³-hybridized carbons (Fsp3) is 0.391. The van der Waals surface area contributed by atoms with Crippen molar-refractivity contribution in [3.63, 3.8) is 0 Å². The van der Waals surface area contributed by atoms with E-state index in [2.05, 4.69) is 67.6 Å². The van der Waals surface area contributed by atoms with Crippen LogP contribution in [0.1, 0.15) is 18.7 Å². The summed E-state index contributed by atoms with van der Waals surface area (Å²) < 4.78 is 0. The number of likely N-dealkylation sites (tertiary alicyclic amines) is 1.